The Morgan fingerprint density at radius 1 is 1.05 bits per heavy atom. The summed E-state index contributed by atoms with van der Waals surface area (Å²) >= 11 is 0. The number of rotatable bonds is 3. The first-order chi connectivity index (χ1) is 9.75. The number of carbonyl (C=O) groups is 1. The first-order valence-electron chi connectivity index (χ1n) is 6.67. The van der Waals surface area contributed by atoms with Crippen LogP contribution in [0.15, 0.2) is 36.4 Å². The minimum absolute atomic E-state index is 0.246. The van der Waals surface area contributed by atoms with Gasteiger partial charge in [0, 0.05) is 18.7 Å². The monoisotopic (exact) mass is 269 g/mol. The lowest BCUT2D eigenvalue weighted by molar-refractivity contribution is 0.0697. The normalized spacial score (nSPS) is 14.5. The summed E-state index contributed by atoms with van der Waals surface area (Å²) in [6, 6.07) is 10.6. The fraction of sp³-hybridized carbons (Fsp3) is 0.267. The van der Waals surface area contributed by atoms with Crippen molar-refractivity contribution in [3.63, 3.8) is 0 Å². The van der Waals surface area contributed by atoms with Crippen molar-refractivity contribution in [2.24, 2.45) is 0 Å². The van der Waals surface area contributed by atoms with Gasteiger partial charge >= 0.3 is 5.97 Å². The van der Waals surface area contributed by atoms with Gasteiger partial charge in [0.05, 0.1) is 11.3 Å². The molecule has 1 fully saturated rings. The van der Waals surface area contributed by atoms with E-state index in [4.69, 9.17) is 0 Å². The number of anilines is 1. The van der Waals surface area contributed by atoms with E-state index in [-0.39, 0.29) is 5.56 Å². The molecular weight excluding hydrogens is 254 g/mol. The molecule has 0 aliphatic carbocycles. The maximum atomic E-state index is 11.2. The van der Waals surface area contributed by atoms with Crippen molar-refractivity contribution in [1.29, 1.82) is 0 Å². The Morgan fingerprint density at radius 3 is 2.45 bits per heavy atom. The van der Waals surface area contributed by atoms with Gasteiger partial charge in [-0.2, -0.15) is 0 Å². The second-order valence-corrected chi connectivity index (χ2v) is 4.82. The molecule has 5 heteroatoms. The summed E-state index contributed by atoms with van der Waals surface area (Å²) < 4.78 is 0. The third kappa shape index (κ3) is 2.34. The molecule has 1 N–H and O–H groups in total. The Labute approximate surface area is 116 Å². The van der Waals surface area contributed by atoms with Crippen molar-refractivity contribution in [3.8, 4) is 11.3 Å². The molecule has 20 heavy (non-hydrogen) atoms. The molecule has 0 atom stereocenters. The van der Waals surface area contributed by atoms with Gasteiger partial charge in [-0.15, -0.1) is 10.2 Å². The van der Waals surface area contributed by atoms with Crippen LogP contribution < -0.4 is 4.90 Å². The van der Waals surface area contributed by atoms with Gasteiger partial charge in [0.25, 0.3) is 0 Å². The lowest BCUT2D eigenvalue weighted by Crippen LogP contribution is -2.19. The van der Waals surface area contributed by atoms with Crippen LogP contribution in [0.25, 0.3) is 11.3 Å². The highest BCUT2D eigenvalue weighted by molar-refractivity contribution is 5.95. The number of nitrogens with zero attached hydrogens (tertiary/aromatic N) is 3. The van der Waals surface area contributed by atoms with Crippen LogP contribution in [-0.2, 0) is 0 Å². The summed E-state index contributed by atoms with van der Waals surface area (Å²) in [5.74, 6) is -0.0925. The average molecular weight is 269 g/mol. The fourth-order valence-electron chi connectivity index (χ4n) is 2.48. The first-order valence-corrected chi connectivity index (χ1v) is 6.67. The Bertz CT molecular complexity index is 619. The first kappa shape index (κ1) is 12.6. The van der Waals surface area contributed by atoms with Crippen molar-refractivity contribution in [2.75, 3.05) is 18.0 Å². The zero-order valence-corrected chi connectivity index (χ0v) is 11.0. The predicted octanol–water partition coefficient (Wildman–Crippen LogP) is 2.44. The zero-order chi connectivity index (χ0) is 13.9. The Balaban J connectivity index is 1.93. The van der Waals surface area contributed by atoms with Crippen LogP contribution in [0.4, 0.5) is 5.82 Å². The Morgan fingerprint density at radius 2 is 1.80 bits per heavy atom. The van der Waals surface area contributed by atoms with Crippen LogP contribution in [0.5, 0.6) is 0 Å². The van der Waals surface area contributed by atoms with Gasteiger partial charge < -0.3 is 10.0 Å². The van der Waals surface area contributed by atoms with Gasteiger partial charge in [-0.05, 0) is 31.0 Å². The van der Waals surface area contributed by atoms with E-state index in [2.05, 4.69) is 15.1 Å². The molecule has 0 unspecified atom stereocenters. The van der Waals surface area contributed by atoms with E-state index in [9.17, 15) is 9.90 Å². The molecule has 2 aromatic rings. The average Bonchev–Trinajstić information content (AvgIpc) is 3.02. The molecule has 2 heterocycles. The molecule has 3 rings (SSSR count). The highest BCUT2D eigenvalue weighted by atomic mass is 16.4. The molecule has 0 amide bonds. The van der Waals surface area contributed by atoms with Crippen LogP contribution in [0.3, 0.4) is 0 Å². The molecule has 1 aliphatic rings. The van der Waals surface area contributed by atoms with Gasteiger partial charge in [-0.3, -0.25) is 0 Å². The number of carboxylic acids is 1. The molecule has 5 nitrogen and oxygen atoms in total. The van der Waals surface area contributed by atoms with Crippen molar-refractivity contribution in [3.05, 3.63) is 42.0 Å². The lowest BCUT2D eigenvalue weighted by Gasteiger charge is -2.15. The number of aromatic carboxylic acids is 1. The Hall–Kier alpha value is -2.43. The van der Waals surface area contributed by atoms with E-state index in [1.165, 1.54) is 12.8 Å². The third-order valence-corrected chi connectivity index (χ3v) is 3.51. The number of aromatic nitrogens is 2. The van der Waals surface area contributed by atoms with Crippen molar-refractivity contribution < 1.29 is 9.90 Å². The lowest BCUT2D eigenvalue weighted by atomic mass is 10.0. The smallest absolute Gasteiger partial charge is 0.336 e. The SMILES string of the molecule is O=C(O)c1ccccc1-c1ccc(N2CCCC2)nn1. The molecule has 102 valence electrons. The minimum atomic E-state index is -0.953. The number of hydrogen-bond acceptors (Lipinski definition) is 4. The highest BCUT2D eigenvalue weighted by Gasteiger charge is 2.15. The van der Waals surface area contributed by atoms with E-state index in [0.717, 1.165) is 18.9 Å². The van der Waals surface area contributed by atoms with E-state index in [0.29, 0.717) is 11.3 Å². The third-order valence-electron chi connectivity index (χ3n) is 3.51. The summed E-state index contributed by atoms with van der Waals surface area (Å²) in [6.45, 7) is 2.03. The summed E-state index contributed by atoms with van der Waals surface area (Å²) in [4.78, 5) is 13.4. The van der Waals surface area contributed by atoms with Gasteiger partial charge in [-0.1, -0.05) is 18.2 Å². The fourth-order valence-corrected chi connectivity index (χ4v) is 2.48. The molecular formula is C15H15N3O2. The zero-order valence-electron chi connectivity index (χ0n) is 11.0. The van der Waals surface area contributed by atoms with E-state index in [1.54, 1.807) is 24.3 Å². The molecule has 1 saturated heterocycles. The van der Waals surface area contributed by atoms with E-state index in [1.807, 2.05) is 12.1 Å². The largest absolute Gasteiger partial charge is 0.478 e. The number of benzene rings is 1. The highest BCUT2D eigenvalue weighted by Crippen LogP contribution is 2.23. The summed E-state index contributed by atoms with van der Waals surface area (Å²) in [6.07, 6.45) is 2.37. The van der Waals surface area contributed by atoms with Gasteiger partial charge in [0.1, 0.15) is 0 Å². The molecule has 0 saturated carbocycles. The van der Waals surface area contributed by atoms with Crippen molar-refractivity contribution in [1.82, 2.24) is 10.2 Å². The van der Waals surface area contributed by atoms with Crippen LogP contribution in [0.2, 0.25) is 0 Å². The molecule has 1 aromatic carbocycles. The maximum absolute atomic E-state index is 11.2. The van der Waals surface area contributed by atoms with Crippen LogP contribution in [0.1, 0.15) is 23.2 Å². The number of carboxylic acid groups (broad SMARTS) is 1. The minimum Gasteiger partial charge on any atom is -0.478 e. The summed E-state index contributed by atoms with van der Waals surface area (Å²) in [7, 11) is 0. The predicted molar refractivity (Wildman–Crippen MR) is 75.9 cm³/mol. The van der Waals surface area contributed by atoms with E-state index < -0.39 is 5.97 Å². The van der Waals surface area contributed by atoms with Gasteiger partial charge in [0.15, 0.2) is 5.82 Å². The standard InChI is InChI=1S/C15H15N3O2/c19-15(20)12-6-2-1-5-11(12)13-7-8-14(17-16-13)18-9-3-4-10-18/h1-2,5-8H,3-4,9-10H2,(H,19,20). The van der Waals surface area contributed by atoms with Crippen LogP contribution >= 0.6 is 0 Å². The van der Waals surface area contributed by atoms with E-state index >= 15 is 0 Å². The van der Waals surface area contributed by atoms with Gasteiger partial charge in [0.2, 0.25) is 0 Å². The van der Waals surface area contributed by atoms with Crippen LogP contribution in [-0.4, -0.2) is 34.4 Å². The summed E-state index contributed by atoms with van der Waals surface area (Å²) in [5, 5.41) is 17.6. The maximum Gasteiger partial charge on any atom is 0.336 e. The summed E-state index contributed by atoms with van der Waals surface area (Å²) in [5.41, 5.74) is 1.43. The Kier molecular flexibility index (Phi) is 3.33. The topological polar surface area (TPSA) is 66.3 Å². The second-order valence-electron chi connectivity index (χ2n) is 4.82. The quantitative estimate of drug-likeness (QED) is 0.927. The van der Waals surface area contributed by atoms with Gasteiger partial charge in [-0.25, -0.2) is 4.79 Å². The second kappa shape index (κ2) is 5.28. The molecule has 1 aliphatic heterocycles. The molecule has 0 spiro atoms. The van der Waals surface area contributed by atoms with Crippen molar-refractivity contribution in [2.45, 2.75) is 12.8 Å². The van der Waals surface area contributed by atoms with Crippen molar-refractivity contribution >= 4 is 11.8 Å². The number of hydrogen-bond donors (Lipinski definition) is 1. The molecule has 0 bridgehead atoms. The van der Waals surface area contributed by atoms with Crippen LogP contribution in [0, 0.1) is 0 Å². The molecule has 1 aromatic heterocycles. The molecule has 0 radical (unpaired) electrons.